The van der Waals surface area contributed by atoms with Crippen molar-refractivity contribution >= 4 is 33.7 Å². The third kappa shape index (κ3) is 2.45. The second kappa shape index (κ2) is 4.98. The van der Waals surface area contributed by atoms with Crippen LogP contribution in [0.4, 0.5) is 10.8 Å². The van der Waals surface area contributed by atoms with Gasteiger partial charge < -0.3 is 16.0 Å². The van der Waals surface area contributed by atoms with E-state index in [4.69, 9.17) is 5.73 Å². The quantitative estimate of drug-likeness (QED) is 0.687. The summed E-state index contributed by atoms with van der Waals surface area (Å²) in [4.78, 5) is 11.5. The monoisotopic (exact) mass is 292 g/mol. The third-order valence-electron chi connectivity index (χ3n) is 2.59. The van der Waals surface area contributed by atoms with Gasteiger partial charge in [-0.3, -0.25) is 0 Å². The molecular weight excluding hydrogens is 280 g/mol. The van der Waals surface area contributed by atoms with Crippen LogP contribution < -0.4 is 11.1 Å². The Kier molecular flexibility index (Phi) is 3.18. The molecule has 8 heteroatoms. The zero-order chi connectivity index (χ0) is 13.2. The molecule has 6 nitrogen and oxygen atoms in total. The zero-order valence-corrected chi connectivity index (χ0v) is 11.8. The van der Waals surface area contributed by atoms with Crippen LogP contribution in [0.1, 0.15) is 10.7 Å². The highest BCUT2D eigenvalue weighted by Crippen LogP contribution is 2.37. The maximum absolute atomic E-state index is 5.94. The first kappa shape index (κ1) is 12.1. The molecule has 0 fully saturated rings. The molecule has 0 amide bonds. The highest BCUT2D eigenvalue weighted by molar-refractivity contribution is 7.11. The molecule has 3 aromatic heterocycles. The molecule has 0 aliphatic rings. The van der Waals surface area contributed by atoms with E-state index in [1.807, 2.05) is 12.3 Å². The van der Waals surface area contributed by atoms with Crippen molar-refractivity contribution in [3.05, 3.63) is 28.6 Å². The van der Waals surface area contributed by atoms with E-state index in [0.29, 0.717) is 12.4 Å². The van der Waals surface area contributed by atoms with Crippen LogP contribution in [0, 0.1) is 6.92 Å². The number of rotatable bonds is 4. The minimum atomic E-state index is 0.516. The molecule has 0 spiro atoms. The van der Waals surface area contributed by atoms with Crippen molar-refractivity contribution in [1.82, 2.24) is 19.3 Å². The van der Waals surface area contributed by atoms with Gasteiger partial charge in [0.15, 0.2) is 0 Å². The van der Waals surface area contributed by atoms with Crippen LogP contribution in [0.25, 0.3) is 11.3 Å². The fourth-order valence-electron chi connectivity index (χ4n) is 1.71. The molecule has 98 valence electrons. The van der Waals surface area contributed by atoms with Crippen LogP contribution in [0.3, 0.4) is 0 Å². The number of H-pyrrole nitrogens is 1. The number of hydrogen-bond acceptors (Lipinski definition) is 7. The lowest BCUT2D eigenvalue weighted by molar-refractivity contribution is 1.08. The van der Waals surface area contributed by atoms with E-state index in [2.05, 4.69) is 24.6 Å². The van der Waals surface area contributed by atoms with Gasteiger partial charge >= 0.3 is 0 Å². The number of aryl methyl sites for hydroxylation is 1. The number of nitrogen functional groups attached to an aromatic ring is 1. The van der Waals surface area contributed by atoms with Crippen LogP contribution in [-0.4, -0.2) is 19.3 Å². The van der Waals surface area contributed by atoms with Gasteiger partial charge in [-0.05, 0) is 18.5 Å². The summed E-state index contributed by atoms with van der Waals surface area (Å²) in [5.74, 6) is 0.516. The number of thiazole rings is 1. The number of aromatic amines is 1. The maximum Gasteiger partial charge on any atom is 0.148 e. The van der Waals surface area contributed by atoms with Crippen molar-refractivity contribution in [1.29, 1.82) is 0 Å². The molecule has 0 aromatic carbocycles. The molecule has 0 radical (unpaired) electrons. The topological polar surface area (TPSA) is 92.5 Å². The van der Waals surface area contributed by atoms with E-state index in [-0.39, 0.29) is 0 Å². The van der Waals surface area contributed by atoms with Crippen LogP contribution in [-0.2, 0) is 6.54 Å². The van der Waals surface area contributed by atoms with Gasteiger partial charge in [-0.1, -0.05) is 0 Å². The van der Waals surface area contributed by atoms with Crippen LogP contribution in [0.15, 0.2) is 17.9 Å². The molecule has 19 heavy (non-hydrogen) atoms. The fraction of sp³-hybridized carbons (Fsp3) is 0.182. The van der Waals surface area contributed by atoms with Crippen molar-refractivity contribution in [2.24, 2.45) is 0 Å². The summed E-state index contributed by atoms with van der Waals surface area (Å²) in [6.07, 6.45) is 3.44. The zero-order valence-electron chi connectivity index (χ0n) is 10.2. The summed E-state index contributed by atoms with van der Waals surface area (Å²) in [7, 11) is 0. The fourth-order valence-corrected chi connectivity index (χ4v) is 3.03. The van der Waals surface area contributed by atoms with Crippen molar-refractivity contribution in [2.45, 2.75) is 13.5 Å². The number of nitrogens with one attached hydrogen (secondary N) is 2. The SMILES string of the molecule is Cc1nc(-c2c(N)nsc2NCc2cnc[nH]2)cs1. The smallest absolute Gasteiger partial charge is 0.148 e. The van der Waals surface area contributed by atoms with Crippen molar-refractivity contribution in [3.8, 4) is 11.3 Å². The van der Waals surface area contributed by atoms with E-state index in [1.54, 1.807) is 23.9 Å². The van der Waals surface area contributed by atoms with E-state index >= 15 is 0 Å². The van der Waals surface area contributed by atoms with E-state index < -0.39 is 0 Å². The summed E-state index contributed by atoms with van der Waals surface area (Å²) < 4.78 is 4.20. The van der Waals surface area contributed by atoms with Crippen LogP contribution in [0.2, 0.25) is 0 Å². The first-order valence-electron chi connectivity index (χ1n) is 5.63. The number of imidazole rings is 1. The van der Waals surface area contributed by atoms with Crippen molar-refractivity contribution in [2.75, 3.05) is 11.1 Å². The Morgan fingerprint density at radius 3 is 3.05 bits per heavy atom. The molecule has 0 saturated carbocycles. The average molecular weight is 292 g/mol. The van der Waals surface area contributed by atoms with Crippen molar-refractivity contribution < 1.29 is 0 Å². The molecule has 0 atom stereocenters. The second-order valence-corrected chi connectivity index (χ2v) is 5.79. The minimum Gasteiger partial charge on any atom is -0.382 e. The second-order valence-electron chi connectivity index (χ2n) is 3.95. The lowest BCUT2D eigenvalue weighted by atomic mass is 10.2. The molecule has 0 saturated heterocycles. The Labute approximate surface area is 117 Å². The van der Waals surface area contributed by atoms with Crippen molar-refractivity contribution in [3.63, 3.8) is 0 Å². The average Bonchev–Trinajstić information content (AvgIpc) is 3.08. The Balaban J connectivity index is 1.86. The van der Waals surface area contributed by atoms with Gasteiger partial charge in [-0.25, -0.2) is 9.97 Å². The van der Waals surface area contributed by atoms with Crippen LogP contribution >= 0.6 is 22.9 Å². The predicted octanol–water partition coefficient (Wildman–Crippen LogP) is 2.49. The number of aromatic nitrogens is 4. The lowest BCUT2D eigenvalue weighted by Crippen LogP contribution is -1.99. The van der Waals surface area contributed by atoms with E-state index in [0.717, 1.165) is 27.0 Å². The highest BCUT2D eigenvalue weighted by Gasteiger charge is 2.16. The van der Waals surface area contributed by atoms with E-state index in [1.165, 1.54) is 11.5 Å². The molecule has 0 aliphatic heterocycles. The van der Waals surface area contributed by atoms with Gasteiger partial charge in [0.05, 0.1) is 34.8 Å². The van der Waals surface area contributed by atoms with Gasteiger partial charge in [0.2, 0.25) is 0 Å². The van der Waals surface area contributed by atoms with Gasteiger partial charge in [-0.15, -0.1) is 11.3 Å². The minimum absolute atomic E-state index is 0.516. The summed E-state index contributed by atoms with van der Waals surface area (Å²) in [5, 5.41) is 7.25. The standard InChI is InChI=1S/C11H12N6S2/c1-6-16-8(4-18-6)9-10(12)17-19-11(9)14-3-7-2-13-5-15-7/h2,4-5,14H,3H2,1H3,(H2,12,17)(H,13,15). The molecular formula is C11H12N6S2. The molecule has 4 N–H and O–H groups in total. The molecule has 0 aliphatic carbocycles. The number of anilines is 2. The molecule has 3 rings (SSSR count). The summed E-state index contributed by atoms with van der Waals surface area (Å²) in [5.41, 5.74) is 8.70. The molecule has 3 heterocycles. The number of nitrogens with two attached hydrogens (primary N) is 1. The summed E-state index contributed by atoms with van der Waals surface area (Å²) >= 11 is 2.95. The molecule has 0 bridgehead atoms. The first-order valence-corrected chi connectivity index (χ1v) is 7.28. The number of nitrogens with zero attached hydrogens (tertiary/aromatic N) is 3. The Hall–Kier alpha value is -1.93. The maximum atomic E-state index is 5.94. The van der Waals surface area contributed by atoms with Gasteiger partial charge in [0, 0.05) is 11.6 Å². The Morgan fingerprint density at radius 1 is 1.47 bits per heavy atom. The molecule has 0 unspecified atom stereocenters. The third-order valence-corrected chi connectivity index (χ3v) is 4.18. The Morgan fingerprint density at radius 2 is 2.37 bits per heavy atom. The normalized spacial score (nSPS) is 10.8. The van der Waals surface area contributed by atoms with Crippen LogP contribution in [0.5, 0.6) is 0 Å². The Bertz CT molecular complexity index is 669. The highest BCUT2D eigenvalue weighted by atomic mass is 32.1. The van der Waals surface area contributed by atoms with E-state index in [9.17, 15) is 0 Å². The summed E-state index contributed by atoms with van der Waals surface area (Å²) in [6, 6.07) is 0. The van der Waals surface area contributed by atoms with Gasteiger partial charge in [-0.2, -0.15) is 4.37 Å². The first-order chi connectivity index (χ1) is 9.24. The van der Waals surface area contributed by atoms with Gasteiger partial charge in [0.1, 0.15) is 10.8 Å². The number of hydrogen-bond donors (Lipinski definition) is 3. The lowest BCUT2D eigenvalue weighted by Gasteiger charge is -2.03. The summed E-state index contributed by atoms with van der Waals surface area (Å²) in [6.45, 7) is 2.62. The predicted molar refractivity (Wildman–Crippen MR) is 78.3 cm³/mol. The molecule has 3 aromatic rings. The largest absolute Gasteiger partial charge is 0.382 e. The van der Waals surface area contributed by atoms with Gasteiger partial charge in [0.25, 0.3) is 0 Å².